The second-order valence-corrected chi connectivity index (χ2v) is 3.98. The zero-order valence-corrected chi connectivity index (χ0v) is 10.1. The predicted molar refractivity (Wildman–Crippen MR) is 65.1 cm³/mol. The largest absolute Gasteiger partial charge is 0.296 e. The van der Waals surface area contributed by atoms with Crippen LogP contribution in [0, 0.1) is 6.92 Å². The number of carbonyl (C=O) groups is 1. The van der Waals surface area contributed by atoms with Gasteiger partial charge in [0.2, 0.25) is 0 Å². The van der Waals surface area contributed by atoms with Gasteiger partial charge in [-0.3, -0.25) is 4.79 Å². The van der Waals surface area contributed by atoms with E-state index in [9.17, 15) is 4.79 Å². The molecule has 0 atom stereocenters. The summed E-state index contributed by atoms with van der Waals surface area (Å²) in [5.41, 5.74) is 3.76. The maximum absolute atomic E-state index is 10.8. The second kappa shape index (κ2) is 4.91. The Labute approximate surface area is 100 Å². The van der Waals surface area contributed by atoms with Gasteiger partial charge in [-0.1, -0.05) is 36.4 Å². The molecule has 0 N–H and O–H groups in total. The molecule has 0 spiro atoms. The summed E-state index contributed by atoms with van der Waals surface area (Å²) in [6, 6.07) is 8.15. The average molecular weight is 229 g/mol. The van der Waals surface area contributed by atoms with E-state index in [2.05, 4.69) is 29.4 Å². The number of rotatable bonds is 4. The molecule has 17 heavy (non-hydrogen) atoms. The van der Waals surface area contributed by atoms with Crippen molar-refractivity contribution in [2.75, 3.05) is 0 Å². The molecular formula is C13H15N3O. The number of nitrogens with zero attached hydrogens (tertiary/aromatic N) is 3. The summed E-state index contributed by atoms with van der Waals surface area (Å²) in [6.07, 6.45) is 1.52. The number of aromatic nitrogens is 3. The third-order valence-electron chi connectivity index (χ3n) is 2.90. The molecule has 0 bridgehead atoms. The Balaban J connectivity index is 2.33. The summed E-state index contributed by atoms with van der Waals surface area (Å²) in [6.45, 7) is 4.73. The van der Waals surface area contributed by atoms with E-state index in [0.717, 1.165) is 18.4 Å². The Morgan fingerprint density at radius 2 is 2.12 bits per heavy atom. The summed E-state index contributed by atoms with van der Waals surface area (Å²) in [5.74, 6) is 0. The lowest BCUT2D eigenvalue weighted by Crippen LogP contribution is -2.07. The van der Waals surface area contributed by atoms with Crippen LogP contribution in [0.4, 0.5) is 0 Å². The quantitative estimate of drug-likeness (QED) is 0.753. The highest BCUT2D eigenvalue weighted by Crippen LogP contribution is 2.11. The van der Waals surface area contributed by atoms with Crippen LogP contribution < -0.4 is 0 Å². The minimum Gasteiger partial charge on any atom is -0.296 e. The van der Waals surface area contributed by atoms with Gasteiger partial charge in [-0.25, -0.2) is 4.68 Å². The Kier molecular flexibility index (Phi) is 3.32. The van der Waals surface area contributed by atoms with Gasteiger partial charge in [-0.05, 0) is 24.5 Å². The maximum atomic E-state index is 10.8. The Bertz CT molecular complexity index is 531. The van der Waals surface area contributed by atoms with Crippen molar-refractivity contribution < 1.29 is 4.79 Å². The van der Waals surface area contributed by atoms with Crippen LogP contribution in [-0.2, 0) is 13.0 Å². The molecular weight excluding hydrogens is 214 g/mol. The molecule has 4 nitrogen and oxygen atoms in total. The molecule has 0 saturated heterocycles. The molecule has 0 aliphatic heterocycles. The van der Waals surface area contributed by atoms with Crippen molar-refractivity contribution in [1.82, 2.24) is 15.0 Å². The number of carbonyl (C=O) groups excluding carboxylic acids is 1. The smallest absolute Gasteiger partial charge is 0.172 e. The Morgan fingerprint density at radius 3 is 2.76 bits per heavy atom. The van der Waals surface area contributed by atoms with Gasteiger partial charge in [0.25, 0.3) is 0 Å². The van der Waals surface area contributed by atoms with Gasteiger partial charge in [0.15, 0.2) is 6.29 Å². The van der Waals surface area contributed by atoms with E-state index >= 15 is 0 Å². The highest BCUT2D eigenvalue weighted by Gasteiger charge is 2.10. The zero-order valence-electron chi connectivity index (χ0n) is 10.1. The minimum atomic E-state index is 0.445. The molecule has 0 aliphatic carbocycles. The lowest BCUT2D eigenvalue weighted by Gasteiger charge is -2.07. The molecule has 2 aromatic rings. The first kappa shape index (κ1) is 11.5. The molecule has 2 rings (SSSR count). The molecule has 0 unspecified atom stereocenters. The molecule has 88 valence electrons. The minimum absolute atomic E-state index is 0.445. The van der Waals surface area contributed by atoms with Crippen molar-refractivity contribution in [2.24, 2.45) is 0 Å². The molecule has 0 saturated carbocycles. The number of benzene rings is 1. The van der Waals surface area contributed by atoms with Crippen molar-refractivity contribution >= 4 is 6.29 Å². The van der Waals surface area contributed by atoms with Gasteiger partial charge < -0.3 is 0 Å². The van der Waals surface area contributed by atoms with Crippen LogP contribution in [0.3, 0.4) is 0 Å². The molecule has 4 heteroatoms. The third kappa shape index (κ3) is 2.25. The van der Waals surface area contributed by atoms with E-state index in [1.807, 2.05) is 19.1 Å². The van der Waals surface area contributed by atoms with Crippen LogP contribution in [-0.4, -0.2) is 21.3 Å². The SMILES string of the molecule is CCc1c(C=O)nnn1Cc1ccccc1C. The van der Waals surface area contributed by atoms with Crippen LogP contribution in [0.15, 0.2) is 24.3 Å². The second-order valence-electron chi connectivity index (χ2n) is 3.98. The standard InChI is InChI=1S/C13H15N3O/c1-3-13-12(9-17)14-15-16(13)8-11-7-5-4-6-10(11)2/h4-7,9H,3,8H2,1-2H3. The van der Waals surface area contributed by atoms with Gasteiger partial charge in [0, 0.05) is 0 Å². The van der Waals surface area contributed by atoms with Gasteiger partial charge in [-0.2, -0.15) is 0 Å². The van der Waals surface area contributed by atoms with Gasteiger partial charge >= 0.3 is 0 Å². The fourth-order valence-corrected chi connectivity index (χ4v) is 1.88. The van der Waals surface area contributed by atoms with E-state index in [1.54, 1.807) is 4.68 Å². The third-order valence-corrected chi connectivity index (χ3v) is 2.90. The van der Waals surface area contributed by atoms with Gasteiger partial charge in [-0.15, -0.1) is 5.10 Å². The van der Waals surface area contributed by atoms with E-state index in [4.69, 9.17) is 0 Å². The summed E-state index contributed by atoms with van der Waals surface area (Å²) >= 11 is 0. The van der Waals surface area contributed by atoms with Crippen molar-refractivity contribution in [3.8, 4) is 0 Å². The van der Waals surface area contributed by atoms with E-state index in [1.165, 1.54) is 11.1 Å². The van der Waals surface area contributed by atoms with Crippen LogP contribution in [0.5, 0.6) is 0 Å². The number of hydrogen-bond acceptors (Lipinski definition) is 3. The first-order chi connectivity index (χ1) is 8.26. The zero-order chi connectivity index (χ0) is 12.3. The monoisotopic (exact) mass is 229 g/mol. The van der Waals surface area contributed by atoms with E-state index in [-0.39, 0.29) is 0 Å². The first-order valence-corrected chi connectivity index (χ1v) is 5.68. The molecule has 1 heterocycles. The van der Waals surface area contributed by atoms with Gasteiger partial charge in [0.05, 0.1) is 12.2 Å². The summed E-state index contributed by atoms with van der Waals surface area (Å²) in [4.78, 5) is 10.8. The highest BCUT2D eigenvalue weighted by atomic mass is 16.1. The number of hydrogen-bond donors (Lipinski definition) is 0. The van der Waals surface area contributed by atoms with Crippen LogP contribution in [0.2, 0.25) is 0 Å². The Morgan fingerprint density at radius 1 is 1.35 bits per heavy atom. The van der Waals surface area contributed by atoms with E-state index < -0.39 is 0 Å². The topological polar surface area (TPSA) is 47.8 Å². The van der Waals surface area contributed by atoms with Crippen LogP contribution in [0.1, 0.15) is 34.2 Å². The van der Waals surface area contributed by atoms with Crippen molar-refractivity contribution in [3.63, 3.8) is 0 Å². The van der Waals surface area contributed by atoms with Crippen molar-refractivity contribution in [3.05, 3.63) is 46.8 Å². The van der Waals surface area contributed by atoms with Gasteiger partial charge in [0.1, 0.15) is 5.69 Å². The summed E-state index contributed by atoms with van der Waals surface area (Å²) < 4.78 is 1.80. The lowest BCUT2D eigenvalue weighted by atomic mass is 10.1. The maximum Gasteiger partial charge on any atom is 0.172 e. The fraction of sp³-hybridized carbons (Fsp3) is 0.308. The molecule has 1 aromatic carbocycles. The summed E-state index contributed by atoms with van der Waals surface area (Å²) in [5, 5.41) is 7.91. The van der Waals surface area contributed by atoms with Crippen molar-refractivity contribution in [1.29, 1.82) is 0 Å². The Hall–Kier alpha value is -1.97. The molecule has 0 amide bonds. The predicted octanol–water partition coefficient (Wildman–Crippen LogP) is 2.01. The molecule has 1 aromatic heterocycles. The highest BCUT2D eigenvalue weighted by molar-refractivity contribution is 5.73. The average Bonchev–Trinajstić information content (AvgIpc) is 2.74. The molecule has 0 radical (unpaired) electrons. The van der Waals surface area contributed by atoms with Crippen molar-refractivity contribution in [2.45, 2.75) is 26.8 Å². The number of aldehydes is 1. The first-order valence-electron chi connectivity index (χ1n) is 5.68. The van der Waals surface area contributed by atoms with Crippen LogP contribution in [0.25, 0.3) is 0 Å². The van der Waals surface area contributed by atoms with E-state index in [0.29, 0.717) is 12.2 Å². The number of aryl methyl sites for hydroxylation is 1. The molecule has 0 aliphatic rings. The fourth-order valence-electron chi connectivity index (χ4n) is 1.88. The lowest BCUT2D eigenvalue weighted by molar-refractivity contribution is 0.111. The normalized spacial score (nSPS) is 10.5. The van der Waals surface area contributed by atoms with Crippen LogP contribution >= 0.6 is 0 Å². The molecule has 0 fully saturated rings. The summed E-state index contributed by atoms with van der Waals surface area (Å²) in [7, 11) is 0.